The van der Waals surface area contributed by atoms with Crippen LogP contribution in [0.2, 0.25) is 0 Å². The molecule has 1 fully saturated rings. The number of hydrogen-bond acceptors (Lipinski definition) is 3. The van der Waals surface area contributed by atoms with Gasteiger partial charge in [-0.05, 0) is 32.0 Å². The van der Waals surface area contributed by atoms with E-state index in [2.05, 4.69) is 15.9 Å². The second-order valence-corrected chi connectivity index (χ2v) is 6.19. The van der Waals surface area contributed by atoms with E-state index in [0.29, 0.717) is 25.4 Å². The zero-order valence-electron chi connectivity index (χ0n) is 12.4. The van der Waals surface area contributed by atoms with Crippen molar-refractivity contribution in [2.45, 2.75) is 26.4 Å². The number of piperazine rings is 1. The standard InChI is InChI=1S/C15H19BrN2O3/c1-10(2)18-7-6-17(14(19)15(18)20)9-11-8-12(16)4-5-13(11)21-3/h4-5,8,10H,6-7,9H2,1-3H3. The van der Waals surface area contributed by atoms with Crippen LogP contribution in [0.25, 0.3) is 0 Å². The Hall–Kier alpha value is -1.56. The first-order valence-electron chi connectivity index (χ1n) is 6.86. The van der Waals surface area contributed by atoms with Crippen molar-refractivity contribution >= 4 is 27.7 Å². The second-order valence-electron chi connectivity index (χ2n) is 5.28. The summed E-state index contributed by atoms with van der Waals surface area (Å²) in [6, 6.07) is 5.68. The number of ether oxygens (including phenoxy) is 1. The van der Waals surface area contributed by atoms with Gasteiger partial charge >= 0.3 is 11.8 Å². The molecule has 0 N–H and O–H groups in total. The number of carbonyl (C=O) groups excluding carboxylic acids is 2. The van der Waals surface area contributed by atoms with Crippen LogP contribution in [0.4, 0.5) is 0 Å². The molecule has 2 rings (SSSR count). The third kappa shape index (κ3) is 3.37. The molecule has 1 heterocycles. The predicted octanol–water partition coefficient (Wildman–Crippen LogP) is 2.04. The Bertz CT molecular complexity index is 560. The Labute approximate surface area is 133 Å². The van der Waals surface area contributed by atoms with Crippen molar-refractivity contribution in [3.05, 3.63) is 28.2 Å². The monoisotopic (exact) mass is 354 g/mol. The fraction of sp³-hybridized carbons (Fsp3) is 0.467. The van der Waals surface area contributed by atoms with Crippen LogP contribution < -0.4 is 4.74 Å². The van der Waals surface area contributed by atoms with E-state index >= 15 is 0 Å². The van der Waals surface area contributed by atoms with Crippen molar-refractivity contribution in [1.82, 2.24) is 9.80 Å². The maximum Gasteiger partial charge on any atom is 0.312 e. The zero-order valence-corrected chi connectivity index (χ0v) is 14.0. The Morgan fingerprint density at radius 3 is 2.57 bits per heavy atom. The summed E-state index contributed by atoms with van der Waals surface area (Å²) in [4.78, 5) is 27.5. The summed E-state index contributed by atoms with van der Waals surface area (Å²) in [6.07, 6.45) is 0. The van der Waals surface area contributed by atoms with Gasteiger partial charge < -0.3 is 14.5 Å². The molecule has 21 heavy (non-hydrogen) atoms. The maximum atomic E-state index is 12.2. The molecule has 1 aromatic rings. The summed E-state index contributed by atoms with van der Waals surface area (Å²) in [7, 11) is 1.59. The summed E-state index contributed by atoms with van der Waals surface area (Å²) in [6.45, 7) is 5.31. The summed E-state index contributed by atoms with van der Waals surface area (Å²) in [5.74, 6) is -0.160. The lowest BCUT2D eigenvalue weighted by atomic mass is 10.1. The van der Waals surface area contributed by atoms with E-state index in [1.54, 1.807) is 16.9 Å². The van der Waals surface area contributed by atoms with Gasteiger partial charge in [0.1, 0.15) is 5.75 Å². The number of methoxy groups -OCH3 is 1. The highest BCUT2D eigenvalue weighted by atomic mass is 79.9. The van der Waals surface area contributed by atoms with Crippen LogP contribution in [0.1, 0.15) is 19.4 Å². The molecule has 0 radical (unpaired) electrons. The van der Waals surface area contributed by atoms with Gasteiger partial charge in [0, 0.05) is 35.7 Å². The first kappa shape index (κ1) is 15.8. The number of hydrogen-bond donors (Lipinski definition) is 0. The lowest BCUT2D eigenvalue weighted by molar-refractivity contribution is -0.157. The number of halogens is 1. The van der Waals surface area contributed by atoms with Crippen LogP contribution in [0, 0.1) is 0 Å². The van der Waals surface area contributed by atoms with Crippen molar-refractivity contribution in [2.24, 2.45) is 0 Å². The summed E-state index contributed by atoms with van der Waals surface area (Å²) >= 11 is 3.41. The average molecular weight is 355 g/mol. The Balaban J connectivity index is 2.16. The fourth-order valence-corrected chi connectivity index (χ4v) is 2.82. The smallest absolute Gasteiger partial charge is 0.312 e. The van der Waals surface area contributed by atoms with Crippen molar-refractivity contribution < 1.29 is 14.3 Å². The highest BCUT2D eigenvalue weighted by Gasteiger charge is 2.33. The molecule has 114 valence electrons. The van der Waals surface area contributed by atoms with E-state index in [0.717, 1.165) is 10.0 Å². The van der Waals surface area contributed by atoms with Crippen molar-refractivity contribution in [2.75, 3.05) is 20.2 Å². The first-order valence-corrected chi connectivity index (χ1v) is 7.65. The molecule has 0 spiro atoms. The molecule has 0 bridgehead atoms. The molecule has 1 aromatic carbocycles. The molecular formula is C15H19BrN2O3. The summed E-state index contributed by atoms with van der Waals surface area (Å²) in [5, 5.41) is 0. The van der Waals surface area contributed by atoms with Crippen LogP contribution in [0.3, 0.4) is 0 Å². The molecule has 0 unspecified atom stereocenters. The highest BCUT2D eigenvalue weighted by molar-refractivity contribution is 9.10. The minimum absolute atomic E-state index is 0.0454. The van der Waals surface area contributed by atoms with E-state index in [1.807, 2.05) is 32.0 Å². The number of carbonyl (C=O) groups is 2. The van der Waals surface area contributed by atoms with E-state index in [9.17, 15) is 9.59 Å². The Kier molecular flexibility index (Phi) is 4.88. The number of nitrogens with zero attached hydrogens (tertiary/aromatic N) is 2. The van der Waals surface area contributed by atoms with Crippen LogP contribution in [0.15, 0.2) is 22.7 Å². The molecule has 0 aliphatic carbocycles. The number of benzene rings is 1. The zero-order chi connectivity index (χ0) is 15.6. The van der Waals surface area contributed by atoms with E-state index < -0.39 is 11.8 Å². The van der Waals surface area contributed by atoms with Crippen LogP contribution >= 0.6 is 15.9 Å². The highest BCUT2D eigenvalue weighted by Crippen LogP contribution is 2.25. The predicted molar refractivity (Wildman–Crippen MR) is 83.0 cm³/mol. The molecule has 0 aromatic heterocycles. The lowest BCUT2D eigenvalue weighted by Gasteiger charge is -2.36. The summed E-state index contributed by atoms with van der Waals surface area (Å²) in [5.41, 5.74) is 0.881. The summed E-state index contributed by atoms with van der Waals surface area (Å²) < 4.78 is 6.22. The molecular weight excluding hydrogens is 336 g/mol. The van der Waals surface area contributed by atoms with Gasteiger partial charge in [-0.25, -0.2) is 0 Å². The molecule has 5 nitrogen and oxygen atoms in total. The molecule has 6 heteroatoms. The van der Waals surface area contributed by atoms with E-state index in [4.69, 9.17) is 4.74 Å². The van der Waals surface area contributed by atoms with Crippen molar-refractivity contribution in [1.29, 1.82) is 0 Å². The van der Waals surface area contributed by atoms with Gasteiger partial charge in [0.15, 0.2) is 0 Å². The van der Waals surface area contributed by atoms with E-state index in [1.165, 1.54) is 0 Å². The third-order valence-electron chi connectivity index (χ3n) is 3.57. The minimum atomic E-state index is -0.447. The normalized spacial score (nSPS) is 15.9. The Morgan fingerprint density at radius 2 is 1.95 bits per heavy atom. The van der Waals surface area contributed by atoms with Crippen LogP contribution in [-0.2, 0) is 16.1 Å². The second kappa shape index (κ2) is 6.47. The van der Waals surface area contributed by atoms with Crippen LogP contribution in [0.5, 0.6) is 5.75 Å². The molecule has 1 aliphatic rings. The SMILES string of the molecule is COc1ccc(Br)cc1CN1CCN(C(C)C)C(=O)C1=O. The third-order valence-corrected chi connectivity index (χ3v) is 4.06. The average Bonchev–Trinajstić information content (AvgIpc) is 2.44. The molecule has 0 saturated carbocycles. The number of amides is 2. The van der Waals surface area contributed by atoms with Gasteiger partial charge in [-0.2, -0.15) is 0 Å². The van der Waals surface area contributed by atoms with Gasteiger partial charge in [0.25, 0.3) is 0 Å². The van der Waals surface area contributed by atoms with Gasteiger partial charge in [0.2, 0.25) is 0 Å². The molecule has 2 amide bonds. The van der Waals surface area contributed by atoms with Crippen molar-refractivity contribution in [3.63, 3.8) is 0 Å². The maximum absolute atomic E-state index is 12.2. The van der Waals surface area contributed by atoms with Gasteiger partial charge in [0.05, 0.1) is 7.11 Å². The van der Waals surface area contributed by atoms with Gasteiger partial charge in [-0.1, -0.05) is 15.9 Å². The van der Waals surface area contributed by atoms with Gasteiger partial charge in [-0.15, -0.1) is 0 Å². The largest absolute Gasteiger partial charge is 0.496 e. The molecule has 1 aliphatic heterocycles. The van der Waals surface area contributed by atoms with Crippen LogP contribution in [-0.4, -0.2) is 47.9 Å². The van der Waals surface area contributed by atoms with Crippen molar-refractivity contribution in [3.8, 4) is 5.75 Å². The number of rotatable bonds is 4. The Morgan fingerprint density at radius 1 is 1.24 bits per heavy atom. The topological polar surface area (TPSA) is 49.9 Å². The van der Waals surface area contributed by atoms with Gasteiger partial charge in [-0.3, -0.25) is 9.59 Å². The molecule has 0 atom stereocenters. The lowest BCUT2D eigenvalue weighted by Crippen LogP contribution is -2.55. The van der Waals surface area contributed by atoms with E-state index in [-0.39, 0.29) is 6.04 Å². The first-order chi connectivity index (χ1) is 9.93. The minimum Gasteiger partial charge on any atom is -0.496 e. The quantitative estimate of drug-likeness (QED) is 0.777. The fourth-order valence-electron chi connectivity index (χ4n) is 2.41. The molecule has 1 saturated heterocycles.